The summed E-state index contributed by atoms with van der Waals surface area (Å²) in [5.41, 5.74) is 3.84. The number of hydrogen-bond donors (Lipinski definition) is 1. The highest BCUT2D eigenvalue weighted by Gasteiger charge is 2.16. The summed E-state index contributed by atoms with van der Waals surface area (Å²) in [4.78, 5) is 19.5. The minimum absolute atomic E-state index is 0.0349. The fourth-order valence-corrected chi connectivity index (χ4v) is 3.67. The van der Waals surface area contributed by atoms with E-state index in [0.29, 0.717) is 5.75 Å². The summed E-state index contributed by atoms with van der Waals surface area (Å²) in [5, 5.41) is 2.90. The summed E-state index contributed by atoms with van der Waals surface area (Å²) >= 11 is 0. The fraction of sp³-hybridized carbons (Fsp3) is 0.391. The Bertz CT molecular complexity index is 1010. The van der Waals surface area contributed by atoms with Crippen LogP contribution in [0, 0.1) is 6.92 Å². The number of carbonyl (C=O) groups is 1. The Kier molecular flexibility index (Phi) is 6.30. The van der Waals surface area contributed by atoms with E-state index in [1.165, 1.54) is 0 Å². The van der Waals surface area contributed by atoms with Gasteiger partial charge in [-0.25, -0.2) is 4.98 Å². The van der Waals surface area contributed by atoms with Crippen molar-refractivity contribution in [1.82, 2.24) is 14.5 Å². The molecule has 0 unspecified atom stereocenters. The summed E-state index contributed by atoms with van der Waals surface area (Å²) in [6.45, 7) is 9.16. The monoisotopic (exact) mass is 408 g/mol. The predicted octanol–water partition coefficient (Wildman–Crippen LogP) is 3.21. The van der Waals surface area contributed by atoms with E-state index >= 15 is 0 Å². The number of morpholine rings is 1. The number of nitrogens with one attached hydrogen (secondary N) is 1. The molecule has 158 valence electrons. The Morgan fingerprint density at radius 3 is 2.67 bits per heavy atom. The summed E-state index contributed by atoms with van der Waals surface area (Å²) in [6, 6.07) is 13.5. The van der Waals surface area contributed by atoms with Gasteiger partial charge in [0.15, 0.2) is 6.61 Å². The Hall–Kier alpha value is -2.90. The first-order valence-electron chi connectivity index (χ1n) is 10.4. The van der Waals surface area contributed by atoms with Crippen molar-refractivity contribution < 1.29 is 14.3 Å². The van der Waals surface area contributed by atoms with E-state index in [0.717, 1.165) is 67.5 Å². The zero-order chi connectivity index (χ0) is 20.9. The van der Waals surface area contributed by atoms with Crippen molar-refractivity contribution in [3.8, 4) is 5.75 Å². The van der Waals surface area contributed by atoms with Gasteiger partial charge in [0.25, 0.3) is 5.91 Å². The third-order valence-corrected chi connectivity index (χ3v) is 5.29. The molecule has 0 atom stereocenters. The molecule has 3 aromatic rings. The first-order valence-corrected chi connectivity index (χ1v) is 10.4. The van der Waals surface area contributed by atoms with E-state index in [1.54, 1.807) is 0 Å². The lowest BCUT2D eigenvalue weighted by Gasteiger charge is -2.26. The summed E-state index contributed by atoms with van der Waals surface area (Å²) in [5.74, 6) is 1.53. The number of amides is 1. The summed E-state index contributed by atoms with van der Waals surface area (Å²) in [7, 11) is 0. The van der Waals surface area contributed by atoms with Gasteiger partial charge in [-0.2, -0.15) is 0 Å². The number of rotatable bonds is 7. The van der Waals surface area contributed by atoms with Gasteiger partial charge in [-0.15, -0.1) is 0 Å². The zero-order valence-electron chi connectivity index (χ0n) is 17.6. The van der Waals surface area contributed by atoms with E-state index in [1.807, 2.05) is 49.4 Å². The van der Waals surface area contributed by atoms with Crippen molar-refractivity contribution in [1.29, 1.82) is 0 Å². The van der Waals surface area contributed by atoms with Gasteiger partial charge >= 0.3 is 0 Å². The van der Waals surface area contributed by atoms with E-state index < -0.39 is 0 Å². The van der Waals surface area contributed by atoms with Crippen molar-refractivity contribution in [3.05, 3.63) is 53.9 Å². The van der Waals surface area contributed by atoms with Crippen LogP contribution in [-0.4, -0.2) is 53.3 Å². The number of hydrogen-bond acceptors (Lipinski definition) is 5. The lowest BCUT2D eigenvalue weighted by molar-refractivity contribution is -0.118. The first-order chi connectivity index (χ1) is 14.6. The van der Waals surface area contributed by atoms with E-state index in [4.69, 9.17) is 14.5 Å². The molecule has 7 nitrogen and oxygen atoms in total. The molecule has 30 heavy (non-hydrogen) atoms. The number of aryl methyl sites for hydroxylation is 2. The zero-order valence-corrected chi connectivity index (χ0v) is 17.6. The number of anilines is 1. The molecule has 2 heterocycles. The number of fused-ring (bicyclic) bond motifs is 1. The molecular formula is C23H28N4O3. The largest absolute Gasteiger partial charge is 0.484 e. The number of nitrogens with zero attached hydrogens (tertiary/aromatic N) is 3. The third-order valence-electron chi connectivity index (χ3n) is 5.29. The molecule has 0 saturated carbocycles. The fourth-order valence-electron chi connectivity index (χ4n) is 3.67. The smallest absolute Gasteiger partial charge is 0.262 e. The van der Waals surface area contributed by atoms with Gasteiger partial charge in [0.05, 0.1) is 30.8 Å². The quantitative estimate of drug-likeness (QED) is 0.650. The highest BCUT2D eigenvalue weighted by atomic mass is 16.5. The molecule has 1 amide bonds. The summed E-state index contributed by atoms with van der Waals surface area (Å²) in [6.07, 6.45) is 0. The second kappa shape index (κ2) is 9.28. The molecule has 0 radical (unpaired) electrons. The number of ether oxygens (including phenoxy) is 2. The second-order valence-corrected chi connectivity index (χ2v) is 7.51. The maximum atomic E-state index is 12.3. The van der Waals surface area contributed by atoms with E-state index in [9.17, 15) is 4.79 Å². The van der Waals surface area contributed by atoms with Crippen molar-refractivity contribution in [3.63, 3.8) is 0 Å². The number of imidazole rings is 1. The van der Waals surface area contributed by atoms with Gasteiger partial charge < -0.3 is 19.4 Å². The number of aromatic nitrogens is 2. The molecule has 1 saturated heterocycles. The van der Waals surface area contributed by atoms with Crippen LogP contribution in [0.15, 0.2) is 42.5 Å². The minimum Gasteiger partial charge on any atom is -0.484 e. The standard InChI is InChI=1S/C23H28N4O3/c1-3-27-21-9-6-18(24-23(28)16-30-19-7-4-17(2)5-8-19)14-20(21)25-22(27)15-26-10-12-29-13-11-26/h4-9,14H,3,10-13,15-16H2,1-2H3,(H,24,28). The average molecular weight is 409 g/mol. The van der Waals surface area contributed by atoms with Crippen LogP contribution in [0.4, 0.5) is 5.69 Å². The van der Waals surface area contributed by atoms with Gasteiger partial charge in [0.1, 0.15) is 11.6 Å². The Labute approximate surface area is 176 Å². The van der Waals surface area contributed by atoms with Gasteiger partial charge in [-0.1, -0.05) is 17.7 Å². The highest BCUT2D eigenvalue weighted by molar-refractivity contribution is 5.94. The predicted molar refractivity (Wildman–Crippen MR) is 117 cm³/mol. The van der Waals surface area contributed by atoms with Gasteiger partial charge in [0, 0.05) is 25.3 Å². The minimum atomic E-state index is -0.196. The van der Waals surface area contributed by atoms with Gasteiger partial charge in [-0.3, -0.25) is 9.69 Å². The Balaban J connectivity index is 1.43. The van der Waals surface area contributed by atoms with Crippen LogP contribution in [0.1, 0.15) is 18.3 Å². The molecule has 1 N–H and O–H groups in total. The van der Waals surface area contributed by atoms with Crippen LogP contribution < -0.4 is 10.1 Å². The maximum absolute atomic E-state index is 12.3. The molecule has 1 fully saturated rings. The lowest BCUT2D eigenvalue weighted by atomic mass is 10.2. The normalized spacial score (nSPS) is 14.7. The molecule has 0 bridgehead atoms. The topological polar surface area (TPSA) is 68.6 Å². The van der Waals surface area contributed by atoms with Crippen LogP contribution in [0.3, 0.4) is 0 Å². The molecule has 1 aromatic heterocycles. The van der Waals surface area contributed by atoms with Crippen molar-refractivity contribution in [2.75, 3.05) is 38.2 Å². The van der Waals surface area contributed by atoms with Crippen LogP contribution in [-0.2, 0) is 22.6 Å². The molecule has 0 spiro atoms. The molecule has 4 rings (SSSR count). The van der Waals surface area contributed by atoms with Crippen LogP contribution in [0.25, 0.3) is 11.0 Å². The van der Waals surface area contributed by atoms with E-state index in [2.05, 4.69) is 21.7 Å². The average Bonchev–Trinajstić information content (AvgIpc) is 3.10. The number of benzene rings is 2. The Morgan fingerprint density at radius 2 is 1.93 bits per heavy atom. The van der Waals surface area contributed by atoms with Crippen molar-refractivity contribution in [2.45, 2.75) is 26.9 Å². The SMILES string of the molecule is CCn1c(CN2CCOCC2)nc2cc(NC(=O)COc3ccc(C)cc3)ccc21. The van der Waals surface area contributed by atoms with Crippen molar-refractivity contribution in [2.24, 2.45) is 0 Å². The maximum Gasteiger partial charge on any atom is 0.262 e. The van der Waals surface area contributed by atoms with Crippen LogP contribution in [0.2, 0.25) is 0 Å². The first kappa shape index (κ1) is 20.4. The van der Waals surface area contributed by atoms with Crippen LogP contribution >= 0.6 is 0 Å². The van der Waals surface area contributed by atoms with E-state index in [-0.39, 0.29) is 12.5 Å². The highest BCUT2D eigenvalue weighted by Crippen LogP contribution is 2.22. The number of carbonyl (C=O) groups excluding carboxylic acids is 1. The third kappa shape index (κ3) is 4.80. The lowest BCUT2D eigenvalue weighted by Crippen LogP contribution is -2.36. The Morgan fingerprint density at radius 1 is 1.17 bits per heavy atom. The molecular weight excluding hydrogens is 380 g/mol. The molecule has 0 aliphatic carbocycles. The molecule has 7 heteroatoms. The van der Waals surface area contributed by atoms with Gasteiger partial charge in [-0.05, 0) is 44.2 Å². The second-order valence-electron chi connectivity index (χ2n) is 7.51. The molecule has 1 aliphatic heterocycles. The van der Waals surface area contributed by atoms with Crippen LogP contribution in [0.5, 0.6) is 5.75 Å². The van der Waals surface area contributed by atoms with Gasteiger partial charge in [0.2, 0.25) is 0 Å². The summed E-state index contributed by atoms with van der Waals surface area (Å²) < 4.78 is 13.2. The molecule has 2 aromatic carbocycles. The molecule has 1 aliphatic rings. The van der Waals surface area contributed by atoms with Crippen molar-refractivity contribution >= 4 is 22.6 Å².